The molecular formula is C28H33N3O5S. The molecular weight excluding hydrogens is 490 g/mol. The van der Waals surface area contributed by atoms with E-state index >= 15 is 0 Å². The monoisotopic (exact) mass is 523 g/mol. The number of sulfonamides is 1. The summed E-state index contributed by atoms with van der Waals surface area (Å²) in [5, 5.41) is 4.04. The number of hydrogen-bond acceptors (Lipinski definition) is 6. The maximum absolute atomic E-state index is 12.6. The molecule has 37 heavy (non-hydrogen) atoms. The first-order chi connectivity index (χ1) is 17.7. The molecule has 3 rings (SSSR count). The third-order valence-corrected chi connectivity index (χ3v) is 6.51. The minimum absolute atomic E-state index is 0.195. The van der Waals surface area contributed by atoms with Crippen molar-refractivity contribution >= 4 is 27.8 Å². The fourth-order valence-corrected chi connectivity index (χ4v) is 4.36. The second-order valence-corrected chi connectivity index (χ2v) is 10.4. The van der Waals surface area contributed by atoms with Crippen molar-refractivity contribution in [1.82, 2.24) is 5.43 Å². The lowest BCUT2D eigenvalue weighted by Crippen LogP contribution is -2.29. The van der Waals surface area contributed by atoms with Gasteiger partial charge >= 0.3 is 0 Å². The number of ether oxygens (including phenoxy) is 2. The third-order valence-electron chi connectivity index (χ3n) is 5.37. The topological polar surface area (TPSA) is 97.3 Å². The highest BCUT2D eigenvalue weighted by molar-refractivity contribution is 7.92. The fourth-order valence-electron chi connectivity index (χ4n) is 3.47. The summed E-state index contributed by atoms with van der Waals surface area (Å²) in [5.41, 5.74) is 6.02. The lowest BCUT2D eigenvalue weighted by Gasteiger charge is -2.22. The number of aryl methyl sites for hydroxylation is 1. The smallest absolute Gasteiger partial charge is 0.271 e. The number of rotatable bonds is 12. The Kier molecular flexibility index (Phi) is 9.68. The van der Waals surface area contributed by atoms with Gasteiger partial charge in [0.05, 0.1) is 37.9 Å². The Labute approximate surface area is 219 Å². The summed E-state index contributed by atoms with van der Waals surface area (Å²) in [6, 6.07) is 19.5. The fraction of sp³-hybridized carbons (Fsp3) is 0.286. The van der Waals surface area contributed by atoms with Crippen molar-refractivity contribution in [3.8, 4) is 11.5 Å². The highest BCUT2D eigenvalue weighted by Crippen LogP contribution is 2.28. The number of hydrogen-bond donors (Lipinski definition) is 1. The van der Waals surface area contributed by atoms with E-state index in [1.54, 1.807) is 30.3 Å². The Bertz CT molecular complexity index is 1320. The van der Waals surface area contributed by atoms with E-state index in [-0.39, 0.29) is 6.54 Å². The largest absolute Gasteiger partial charge is 0.490 e. The zero-order valence-electron chi connectivity index (χ0n) is 21.6. The average molecular weight is 524 g/mol. The molecule has 3 aromatic carbocycles. The predicted molar refractivity (Wildman–Crippen MR) is 147 cm³/mol. The van der Waals surface area contributed by atoms with Crippen molar-refractivity contribution in [2.45, 2.75) is 33.7 Å². The van der Waals surface area contributed by atoms with Gasteiger partial charge in [0, 0.05) is 5.56 Å². The van der Waals surface area contributed by atoms with Gasteiger partial charge in [-0.2, -0.15) is 5.10 Å². The lowest BCUT2D eigenvalue weighted by molar-refractivity contribution is 0.0955. The number of amides is 1. The van der Waals surface area contributed by atoms with Crippen molar-refractivity contribution in [2.75, 3.05) is 23.8 Å². The van der Waals surface area contributed by atoms with Gasteiger partial charge in [0.25, 0.3) is 5.91 Å². The zero-order chi connectivity index (χ0) is 26.8. The first-order valence-electron chi connectivity index (χ1n) is 12.1. The van der Waals surface area contributed by atoms with Crippen LogP contribution in [0.1, 0.15) is 47.3 Å². The first-order valence-corrected chi connectivity index (χ1v) is 13.9. The Balaban J connectivity index is 1.68. The summed E-state index contributed by atoms with van der Waals surface area (Å²) in [4.78, 5) is 12.6. The van der Waals surface area contributed by atoms with E-state index in [0.29, 0.717) is 36.0 Å². The first kappa shape index (κ1) is 27.7. The van der Waals surface area contributed by atoms with Gasteiger partial charge in [-0.15, -0.1) is 0 Å². The van der Waals surface area contributed by atoms with Gasteiger partial charge in [0.15, 0.2) is 11.5 Å². The maximum Gasteiger partial charge on any atom is 0.271 e. The summed E-state index contributed by atoms with van der Waals surface area (Å²) >= 11 is 0. The van der Waals surface area contributed by atoms with Crippen LogP contribution < -0.4 is 19.2 Å². The number of anilines is 1. The molecule has 0 heterocycles. The highest BCUT2D eigenvalue weighted by atomic mass is 32.2. The second-order valence-electron chi connectivity index (χ2n) is 8.49. The van der Waals surface area contributed by atoms with Crippen molar-refractivity contribution in [1.29, 1.82) is 0 Å². The van der Waals surface area contributed by atoms with Gasteiger partial charge in [0.1, 0.15) is 0 Å². The molecule has 0 aromatic heterocycles. The lowest BCUT2D eigenvalue weighted by atomic mass is 10.1. The van der Waals surface area contributed by atoms with Crippen LogP contribution in [0.25, 0.3) is 0 Å². The molecule has 0 aliphatic carbocycles. The minimum atomic E-state index is -3.53. The van der Waals surface area contributed by atoms with Crippen molar-refractivity contribution < 1.29 is 22.7 Å². The van der Waals surface area contributed by atoms with Crippen LogP contribution >= 0.6 is 0 Å². The normalized spacial score (nSPS) is 11.4. The molecule has 0 aliphatic heterocycles. The number of carbonyl (C=O) groups excluding carboxylic acids is 1. The van der Waals surface area contributed by atoms with Crippen LogP contribution in [0.3, 0.4) is 0 Å². The molecule has 1 amide bonds. The number of hydrazone groups is 1. The number of nitrogens with one attached hydrogen (secondary N) is 1. The van der Waals surface area contributed by atoms with Crippen LogP contribution in [0.5, 0.6) is 11.5 Å². The predicted octanol–water partition coefficient (Wildman–Crippen LogP) is 4.91. The highest BCUT2D eigenvalue weighted by Gasteiger charge is 2.18. The molecule has 9 heteroatoms. The van der Waals surface area contributed by atoms with E-state index in [9.17, 15) is 13.2 Å². The number of benzene rings is 3. The Morgan fingerprint density at radius 3 is 2.30 bits per heavy atom. The molecule has 0 bridgehead atoms. The molecule has 0 fully saturated rings. The van der Waals surface area contributed by atoms with Crippen LogP contribution in [0.2, 0.25) is 0 Å². The molecule has 0 saturated carbocycles. The van der Waals surface area contributed by atoms with Crippen molar-refractivity contribution in [2.24, 2.45) is 5.10 Å². The summed E-state index contributed by atoms with van der Waals surface area (Å²) in [6.07, 6.45) is 3.57. The van der Waals surface area contributed by atoms with Crippen LogP contribution in [-0.4, -0.2) is 40.0 Å². The molecule has 1 N–H and O–H groups in total. The minimum Gasteiger partial charge on any atom is -0.490 e. The molecule has 3 aromatic rings. The second kappa shape index (κ2) is 12.9. The molecule has 0 unspecified atom stereocenters. The zero-order valence-corrected chi connectivity index (χ0v) is 22.4. The Morgan fingerprint density at radius 1 is 0.973 bits per heavy atom. The molecule has 0 saturated heterocycles. The SMILES string of the molecule is CCCOc1ccc(/C=N\NC(=O)c2ccc(N(Cc3ccc(C)cc3)S(C)(=O)=O)cc2)cc1OCC. The number of nitrogens with zero attached hydrogens (tertiary/aromatic N) is 2. The average Bonchev–Trinajstić information content (AvgIpc) is 2.87. The molecule has 0 atom stereocenters. The van der Waals surface area contributed by atoms with Gasteiger partial charge in [-0.05, 0) is 73.9 Å². The Morgan fingerprint density at radius 2 is 1.68 bits per heavy atom. The van der Waals surface area contributed by atoms with Crippen LogP contribution in [-0.2, 0) is 16.6 Å². The van der Waals surface area contributed by atoms with E-state index in [2.05, 4.69) is 10.5 Å². The third kappa shape index (κ3) is 8.08. The van der Waals surface area contributed by atoms with Crippen LogP contribution in [0.4, 0.5) is 5.69 Å². The van der Waals surface area contributed by atoms with E-state index < -0.39 is 15.9 Å². The summed E-state index contributed by atoms with van der Waals surface area (Å²) < 4.78 is 37.5. The van der Waals surface area contributed by atoms with Crippen molar-refractivity contribution in [3.63, 3.8) is 0 Å². The molecule has 0 spiro atoms. The van der Waals surface area contributed by atoms with Gasteiger partial charge in [-0.25, -0.2) is 13.8 Å². The van der Waals surface area contributed by atoms with E-state index in [0.717, 1.165) is 29.4 Å². The van der Waals surface area contributed by atoms with Crippen molar-refractivity contribution in [3.05, 3.63) is 89.0 Å². The summed E-state index contributed by atoms with van der Waals surface area (Å²) in [6.45, 7) is 7.19. The molecule has 8 nitrogen and oxygen atoms in total. The van der Waals surface area contributed by atoms with Crippen LogP contribution in [0, 0.1) is 6.92 Å². The van der Waals surface area contributed by atoms with E-state index in [1.165, 1.54) is 10.5 Å². The Hall–Kier alpha value is -3.85. The van der Waals surface area contributed by atoms with E-state index in [4.69, 9.17) is 9.47 Å². The van der Waals surface area contributed by atoms with Gasteiger partial charge in [0.2, 0.25) is 10.0 Å². The summed E-state index contributed by atoms with van der Waals surface area (Å²) in [7, 11) is -3.53. The number of carbonyl (C=O) groups is 1. The van der Waals surface area contributed by atoms with Crippen LogP contribution in [0.15, 0.2) is 71.8 Å². The van der Waals surface area contributed by atoms with Gasteiger partial charge in [-0.3, -0.25) is 9.10 Å². The molecule has 0 aliphatic rings. The molecule has 196 valence electrons. The standard InChI is InChI=1S/C28H33N3O5S/c1-5-17-36-26-16-11-23(18-27(26)35-6-2)19-29-30-28(32)24-12-14-25(15-13-24)31(37(4,33)34)20-22-9-7-21(3)8-10-22/h7-16,18-19H,5-6,17,20H2,1-4H3,(H,30,32)/b29-19-. The van der Waals surface area contributed by atoms with Gasteiger partial charge in [-0.1, -0.05) is 36.8 Å². The molecule has 0 radical (unpaired) electrons. The van der Waals surface area contributed by atoms with Gasteiger partial charge < -0.3 is 9.47 Å². The summed E-state index contributed by atoms with van der Waals surface area (Å²) in [5.74, 6) is 0.860. The maximum atomic E-state index is 12.6. The quantitative estimate of drug-likeness (QED) is 0.269. The van der Waals surface area contributed by atoms with E-state index in [1.807, 2.05) is 57.2 Å².